The molecule has 1 heterocycles. The first-order chi connectivity index (χ1) is 7.81. The highest BCUT2D eigenvalue weighted by Gasteiger charge is 2.07. The van der Waals surface area contributed by atoms with Crippen molar-refractivity contribution in [1.82, 2.24) is 9.88 Å². The van der Waals surface area contributed by atoms with Gasteiger partial charge in [-0.3, -0.25) is 0 Å². The lowest BCUT2D eigenvalue weighted by atomic mass is 10.1. The molecular formula is C13H21N3. The van der Waals surface area contributed by atoms with Crippen LogP contribution in [0.3, 0.4) is 0 Å². The van der Waals surface area contributed by atoms with Gasteiger partial charge in [-0.1, -0.05) is 6.92 Å². The van der Waals surface area contributed by atoms with Gasteiger partial charge >= 0.3 is 0 Å². The first kappa shape index (κ1) is 12.8. The van der Waals surface area contributed by atoms with Gasteiger partial charge in [-0.15, -0.1) is 0 Å². The second-order valence-corrected chi connectivity index (χ2v) is 4.05. The van der Waals surface area contributed by atoms with Gasteiger partial charge in [0.1, 0.15) is 0 Å². The molecule has 0 bridgehead atoms. The molecule has 1 atom stereocenters. The van der Waals surface area contributed by atoms with Crippen molar-refractivity contribution in [3.05, 3.63) is 24.0 Å². The molecule has 3 nitrogen and oxygen atoms in total. The monoisotopic (exact) mass is 219 g/mol. The molecule has 0 spiro atoms. The van der Waals surface area contributed by atoms with Crippen molar-refractivity contribution in [3.8, 4) is 6.07 Å². The Bertz CT molecular complexity index is 331. The number of nitrogens with zero attached hydrogens (tertiary/aromatic N) is 2. The van der Waals surface area contributed by atoms with Crippen molar-refractivity contribution >= 4 is 0 Å². The smallest absolute Gasteiger partial charge is 0.0621 e. The first-order valence-corrected chi connectivity index (χ1v) is 6.01. The zero-order valence-electron chi connectivity index (χ0n) is 10.2. The summed E-state index contributed by atoms with van der Waals surface area (Å²) in [5.74, 6) is 0. The van der Waals surface area contributed by atoms with Crippen LogP contribution in [-0.2, 0) is 6.54 Å². The van der Waals surface area contributed by atoms with Crippen molar-refractivity contribution < 1.29 is 0 Å². The largest absolute Gasteiger partial charge is 0.354 e. The molecule has 3 heteroatoms. The summed E-state index contributed by atoms with van der Waals surface area (Å²) >= 11 is 0. The number of aromatic nitrogens is 1. The van der Waals surface area contributed by atoms with Gasteiger partial charge in [0.25, 0.3) is 0 Å². The van der Waals surface area contributed by atoms with Crippen molar-refractivity contribution in [1.29, 1.82) is 5.26 Å². The molecular weight excluding hydrogens is 198 g/mol. The van der Waals surface area contributed by atoms with E-state index in [9.17, 15) is 0 Å². The van der Waals surface area contributed by atoms with Gasteiger partial charge in [0, 0.05) is 31.4 Å². The van der Waals surface area contributed by atoms with Crippen LogP contribution in [-0.4, -0.2) is 11.6 Å². The summed E-state index contributed by atoms with van der Waals surface area (Å²) in [7, 11) is 2.00. The Hall–Kier alpha value is -1.27. The van der Waals surface area contributed by atoms with Crippen LogP contribution < -0.4 is 5.32 Å². The lowest BCUT2D eigenvalue weighted by molar-refractivity contribution is 0.570. The van der Waals surface area contributed by atoms with Gasteiger partial charge in [-0.05, 0) is 37.9 Å². The number of hydrogen-bond acceptors (Lipinski definition) is 2. The zero-order chi connectivity index (χ0) is 11.8. The van der Waals surface area contributed by atoms with E-state index in [0.717, 1.165) is 25.8 Å². The standard InChI is InChI=1S/C13H21N3/c1-3-13(15-2)12-7-10-16(11-12)9-6-4-5-8-14/h7,10-11,13,15H,3-6,9H2,1-2H3. The SMILES string of the molecule is CCC(NC)c1ccn(CCCCC#N)c1. The molecule has 16 heavy (non-hydrogen) atoms. The van der Waals surface area contributed by atoms with Gasteiger partial charge in [-0.25, -0.2) is 0 Å². The fraction of sp³-hybridized carbons (Fsp3) is 0.615. The topological polar surface area (TPSA) is 40.8 Å². The number of nitriles is 1. The van der Waals surface area contributed by atoms with Crippen molar-refractivity contribution in [2.45, 2.75) is 45.2 Å². The summed E-state index contributed by atoms with van der Waals surface area (Å²) in [5, 5.41) is 11.7. The summed E-state index contributed by atoms with van der Waals surface area (Å²) in [6, 6.07) is 4.81. The number of unbranched alkanes of at least 4 members (excludes halogenated alkanes) is 2. The number of hydrogen-bond donors (Lipinski definition) is 1. The minimum atomic E-state index is 0.459. The Morgan fingerprint density at radius 2 is 2.31 bits per heavy atom. The Morgan fingerprint density at radius 1 is 1.50 bits per heavy atom. The Labute approximate surface area is 98.1 Å². The van der Waals surface area contributed by atoms with E-state index in [1.54, 1.807) is 0 Å². The van der Waals surface area contributed by atoms with E-state index >= 15 is 0 Å². The highest BCUT2D eigenvalue weighted by molar-refractivity contribution is 5.15. The predicted molar refractivity (Wildman–Crippen MR) is 66.0 cm³/mol. The average molecular weight is 219 g/mol. The minimum absolute atomic E-state index is 0.459. The lowest BCUT2D eigenvalue weighted by Crippen LogP contribution is -2.14. The number of rotatable bonds is 7. The van der Waals surface area contributed by atoms with Crippen LogP contribution in [0.15, 0.2) is 18.5 Å². The maximum atomic E-state index is 8.44. The van der Waals surface area contributed by atoms with Gasteiger partial charge in [0.05, 0.1) is 6.07 Å². The molecule has 1 unspecified atom stereocenters. The Kier molecular flexibility index (Phi) is 5.66. The second kappa shape index (κ2) is 7.08. The molecule has 1 aromatic heterocycles. The zero-order valence-corrected chi connectivity index (χ0v) is 10.2. The van der Waals surface area contributed by atoms with Crippen LogP contribution in [0.4, 0.5) is 0 Å². The summed E-state index contributed by atoms with van der Waals surface area (Å²) in [4.78, 5) is 0. The van der Waals surface area contributed by atoms with E-state index < -0.39 is 0 Å². The molecule has 0 saturated heterocycles. The maximum absolute atomic E-state index is 8.44. The highest BCUT2D eigenvalue weighted by Crippen LogP contribution is 2.16. The van der Waals surface area contributed by atoms with Crippen LogP contribution in [0.5, 0.6) is 0 Å². The molecule has 1 aromatic rings. The highest BCUT2D eigenvalue weighted by atomic mass is 14.9. The lowest BCUT2D eigenvalue weighted by Gasteiger charge is -2.11. The summed E-state index contributed by atoms with van der Waals surface area (Å²) < 4.78 is 2.21. The molecule has 0 radical (unpaired) electrons. The average Bonchev–Trinajstić information content (AvgIpc) is 2.75. The molecule has 0 aromatic carbocycles. The quantitative estimate of drug-likeness (QED) is 0.716. The third-order valence-corrected chi connectivity index (χ3v) is 2.89. The fourth-order valence-electron chi connectivity index (χ4n) is 1.91. The van der Waals surface area contributed by atoms with Crippen molar-refractivity contribution in [3.63, 3.8) is 0 Å². The Balaban J connectivity index is 2.42. The molecule has 1 rings (SSSR count). The fourth-order valence-corrected chi connectivity index (χ4v) is 1.91. The first-order valence-electron chi connectivity index (χ1n) is 6.01. The molecule has 0 fully saturated rings. The molecule has 0 aliphatic rings. The summed E-state index contributed by atoms with van der Waals surface area (Å²) in [5.41, 5.74) is 1.35. The Morgan fingerprint density at radius 3 is 2.94 bits per heavy atom. The molecule has 0 saturated carbocycles. The van der Waals surface area contributed by atoms with E-state index in [1.807, 2.05) is 7.05 Å². The minimum Gasteiger partial charge on any atom is -0.354 e. The predicted octanol–water partition coefficient (Wildman–Crippen LogP) is 2.85. The van der Waals surface area contributed by atoms with Crippen LogP contribution in [0.25, 0.3) is 0 Å². The van der Waals surface area contributed by atoms with Crippen molar-refractivity contribution in [2.24, 2.45) is 0 Å². The van der Waals surface area contributed by atoms with Crippen LogP contribution in [0.2, 0.25) is 0 Å². The van der Waals surface area contributed by atoms with Gasteiger partial charge in [0.2, 0.25) is 0 Å². The number of aryl methyl sites for hydroxylation is 1. The molecule has 0 amide bonds. The summed E-state index contributed by atoms with van der Waals surface area (Å²) in [6.07, 6.45) is 8.18. The van der Waals surface area contributed by atoms with Gasteiger partial charge in [0.15, 0.2) is 0 Å². The van der Waals surface area contributed by atoms with E-state index in [0.29, 0.717) is 12.5 Å². The molecule has 1 N–H and O–H groups in total. The third-order valence-electron chi connectivity index (χ3n) is 2.89. The second-order valence-electron chi connectivity index (χ2n) is 4.05. The van der Waals surface area contributed by atoms with E-state index in [1.165, 1.54) is 5.56 Å². The summed E-state index contributed by atoms with van der Waals surface area (Å²) in [6.45, 7) is 3.20. The van der Waals surface area contributed by atoms with E-state index in [2.05, 4.69) is 41.3 Å². The molecule has 0 aliphatic heterocycles. The third kappa shape index (κ3) is 3.71. The van der Waals surface area contributed by atoms with Crippen LogP contribution in [0.1, 0.15) is 44.2 Å². The normalized spacial score (nSPS) is 12.3. The maximum Gasteiger partial charge on any atom is 0.0621 e. The van der Waals surface area contributed by atoms with Crippen LogP contribution in [0, 0.1) is 11.3 Å². The molecule has 0 aliphatic carbocycles. The van der Waals surface area contributed by atoms with E-state index in [4.69, 9.17) is 5.26 Å². The van der Waals surface area contributed by atoms with Gasteiger partial charge in [-0.2, -0.15) is 5.26 Å². The number of nitrogens with one attached hydrogen (secondary N) is 1. The molecule has 88 valence electrons. The van der Waals surface area contributed by atoms with Crippen molar-refractivity contribution in [2.75, 3.05) is 7.05 Å². The van der Waals surface area contributed by atoms with Crippen LogP contribution >= 0.6 is 0 Å². The van der Waals surface area contributed by atoms with Gasteiger partial charge < -0.3 is 9.88 Å². The van der Waals surface area contributed by atoms with E-state index in [-0.39, 0.29) is 0 Å².